The maximum atomic E-state index is 13.9. The molecule has 22 heavy (non-hydrogen) atoms. The van der Waals surface area contributed by atoms with Crippen LogP contribution in [0.4, 0.5) is 4.39 Å². The van der Waals surface area contributed by atoms with Gasteiger partial charge in [0, 0.05) is 11.6 Å². The van der Waals surface area contributed by atoms with Crippen LogP contribution in [0.15, 0.2) is 45.7 Å². The second-order valence-corrected chi connectivity index (χ2v) is 5.18. The Kier molecular flexibility index (Phi) is 6.11. The molecule has 1 aromatic heterocycles. The smallest absolute Gasteiger partial charge is 0.328 e. The van der Waals surface area contributed by atoms with Gasteiger partial charge in [-0.25, -0.2) is 9.18 Å². The van der Waals surface area contributed by atoms with Crippen LogP contribution in [0.5, 0.6) is 0 Å². The topological polar surface area (TPSA) is 50.4 Å². The Balaban J connectivity index is 2.94. The second kappa shape index (κ2) is 7.59. The third-order valence-corrected chi connectivity index (χ3v) is 3.34. The van der Waals surface area contributed by atoms with Gasteiger partial charge in [0.25, 0.3) is 0 Å². The van der Waals surface area contributed by atoms with Crippen molar-refractivity contribution in [2.24, 2.45) is 0 Å². The summed E-state index contributed by atoms with van der Waals surface area (Å²) in [7, 11) is 0. The molecule has 1 heterocycles. The van der Waals surface area contributed by atoms with Gasteiger partial charge in [-0.2, -0.15) is 0 Å². The largest absolute Gasteiger partial charge is 0.478 e. The highest BCUT2D eigenvalue weighted by atomic mass is 19.1. The Hall–Kier alpha value is -2.36. The lowest BCUT2D eigenvalue weighted by Crippen LogP contribution is -1.88. The number of furan rings is 1. The molecule has 0 unspecified atom stereocenters. The Bertz CT molecular complexity index is 685. The quantitative estimate of drug-likeness (QED) is 0.612. The van der Waals surface area contributed by atoms with Crippen LogP contribution >= 0.6 is 0 Å². The summed E-state index contributed by atoms with van der Waals surface area (Å²) in [6.07, 6.45) is 7.22. The molecule has 1 N–H and O–H groups in total. The first kappa shape index (κ1) is 17.7. The molecule has 1 rings (SSSR count). The molecule has 0 saturated carbocycles. The molecular formula is C18H21FO3. The van der Waals surface area contributed by atoms with Crippen molar-refractivity contribution in [2.75, 3.05) is 0 Å². The van der Waals surface area contributed by atoms with E-state index in [-0.39, 0.29) is 0 Å². The minimum atomic E-state index is -1.05. The summed E-state index contributed by atoms with van der Waals surface area (Å²) < 4.78 is 19.5. The third-order valence-electron chi connectivity index (χ3n) is 3.34. The van der Waals surface area contributed by atoms with E-state index in [1.165, 1.54) is 12.2 Å². The van der Waals surface area contributed by atoms with Crippen LogP contribution in [0.1, 0.15) is 36.5 Å². The van der Waals surface area contributed by atoms with Crippen LogP contribution in [0.25, 0.3) is 6.08 Å². The fourth-order valence-corrected chi connectivity index (χ4v) is 1.92. The number of carbonyl (C=O) groups is 1. The van der Waals surface area contributed by atoms with Gasteiger partial charge in [-0.15, -0.1) is 0 Å². The number of aryl methyl sites for hydroxylation is 2. The first-order chi connectivity index (χ1) is 10.2. The van der Waals surface area contributed by atoms with E-state index in [1.807, 2.05) is 26.8 Å². The first-order valence-corrected chi connectivity index (χ1v) is 6.92. The van der Waals surface area contributed by atoms with Gasteiger partial charge >= 0.3 is 5.97 Å². The van der Waals surface area contributed by atoms with Crippen molar-refractivity contribution < 1.29 is 18.7 Å². The molecule has 0 saturated heterocycles. The Morgan fingerprint density at radius 2 is 1.73 bits per heavy atom. The number of hydrogen-bond donors (Lipinski definition) is 1. The number of carboxylic acids is 1. The van der Waals surface area contributed by atoms with Crippen molar-refractivity contribution in [1.82, 2.24) is 0 Å². The number of allylic oxidation sites excluding steroid dienone is 6. The van der Waals surface area contributed by atoms with Crippen LogP contribution in [0.3, 0.4) is 0 Å². The fourth-order valence-electron chi connectivity index (χ4n) is 1.92. The standard InChI is InChI=1S/C18H21FO3/c1-11(10-18(20)21)6-9-17(19)12(2)7-8-16-13(3)14(4)22-15(16)5/h6-10H,1-5H3,(H,20,21)/b8-7+,9-6+,11-10+,17-12-. The second-order valence-electron chi connectivity index (χ2n) is 5.18. The molecule has 4 heteroatoms. The Morgan fingerprint density at radius 1 is 1.09 bits per heavy atom. The van der Waals surface area contributed by atoms with Crippen LogP contribution in [-0.2, 0) is 4.79 Å². The van der Waals surface area contributed by atoms with E-state index in [0.717, 1.165) is 28.7 Å². The Labute approximate surface area is 130 Å². The lowest BCUT2D eigenvalue weighted by Gasteiger charge is -1.96. The van der Waals surface area contributed by atoms with E-state index in [1.54, 1.807) is 19.9 Å². The molecule has 0 bridgehead atoms. The number of rotatable bonds is 5. The van der Waals surface area contributed by atoms with Crippen molar-refractivity contribution >= 4 is 12.0 Å². The van der Waals surface area contributed by atoms with Crippen molar-refractivity contribution in [3.63, 3.8) is 0 Å². The van der Waals surface area contributed by atoms with E-state index in [0.29, 0.717) is 11.1 Å². The number of halogens is 1. The van der Waals surface area contributed by atoms with Gasteiger partial charge in [-0.05, 0) is 57.4 Å². The van der Waals surface area contributed by atoms with Gasteiger partial charge in [0.15, 0.2) is 0 Å². The summed E-state index contributed by atoms with van der Waals surface area (Å²) in [6.45, 7) is 8.98. The molecule has 118 valence electrons. The highest BCUT2D eigenvalue weighted by Crippen LogP contribution is 2.23. The van der Waals surface area contributed by atoms with Crippen molar-refractivity contribution in [3.05, 3.63) is 63.9 Å². The zero-order chi connectivity index (χ0) is 16.9. The molecule has 1 aromatic rings. The zero-order valence-corrected chi connectivity index (χ0v) is 13.5. The zero-order valence-electron chi connectivity index (χ0n) is 13.5. The number of hydrogen-bond acceptors (Lipinski definition) is 2. The van der Waals surface area contributed by atoms with E-state index >= 15 is 0 Å². The average Bonchev–Trinajstić information content (AvgIpc) is 2.66. The maximum Gasteiger partial charge on any atom is 0.328 e. The number of carboxylic acid groups (broad SMARTS) is 1. The predicted molar refractivity (Wildman–Crippen MR) is 86.3 cm³/mol. The molecule has 0 aliphatic heterocycles. The van der Waals surface area contributed by atoms with Gasteiger partial charge in [-0.3, -0.25) is 0 Å². The molecule has 0 aliphatic carbocycles. The van der Waals surface area contributed by atoms with Crippen LogP contribution < -0.4 is 0 Å². The predicted octanol–water partition coefficient (Wildman–Crippen LogP) is 5.05. The summed E-state index contributed by atoms with van der Waals surface area (Å²) in [6, 6.07) is 0. The molecule has 0 spiro atoms. The molecule has 0 radical (unpaired) electrons. The first-order valence-electron chi connectivity index (χ1n) is 6.92. The molecule has 0 atom stereocenters. The van der Waals surface area contributed by atoms with E-state index in [4.69, 9.17) is 9.52 Å². The van der Waals surface area contributed by atoms with Gasteiger partial charge in [0.2, 0.25) is 0 Å². The summed E-state index contributed by atoms with van der Waals surface area (Å²) in [5.74, 6) is 0.193. The minimum Gasteiger partial charge on any atom is -0.478 e. The number of aliphatic carboxylic acids is 1. The van der Waals surface area contributed by atoms with E-state index in [2.05, 4.69) is 0 Å². The fraction of sp³-hybridized carbons (Fsp3) is 0.278. The summed E-state index contributed by atoms with van der Waals surface area (Å²) in [5.41, 5.74) is 2.92. The summed E-state index contributed by atoms with van der Waals surface area (Å²) in [5, 5.41) is 8.59. The van der Waals surface area contributed by atoms with E-state index in [9.17, 15) is 9.18 Å². The molecule has 0 aromatic carbocycles. The van der Waals surface area contributed by atoms with Crippen molar-refractivity contribution in [1.29, 1.82) is 0 Å². The Morgan fingerprint density at radius 3 is 2.23 bits per heavy atom. The maximum absolute atomic E-state index is 13.9. The molecular weight excluding hydrogens is 283 g/mol. The molecule has 0 amide bonds. The average molecular weight is 304 g/mol. The van der Waals surface area contributed by atoms with Crippen molar-refractivity contribution in [2.45, 2.75) is 34.6 Å². The molecule has 0 fully saturated rings. The monoisotopic (exact) mass is 304 g/mol. The van der Waals surface area contributed by atoms with E-state index < -0.39 is 11.8 Å². The van der Waals surface area contributed by atoms with Gasteiger partial charge in [-0.1, -0.05) is 18.2 Å². The highest BCUT2D eigenvalue weighted by molar-refractivity contribution is 5.81. The van der Waals surface area contributed by atoms with Crippen molar-refractivity contribution in [3.8, 4) is 0 Å². The third kappa shape index (κ3) is 4.88. The van der Waals surface area contributed by atoms with Gasteiger partial charge in [0.05, 0.1) is 0 Å². The molecule has 3 nitrogen and oxygen atoms in total. The highest BCUT2D eigenvalue weighted by Gasteiger charge is 2.07. The summed E-state index contributed by atoms with van der Waals surface area (Å²) >= 11 is 0. The normalized spacial score (nSPS) is 14.0. The summed E-state index contributed by atoms with van der Waals surface area (Å²) in [4.78, 5) is 10.5. The lowest BCUT2D eigenvalue weighted by atomic mass is 10.1. The van der Waals surface area contributed by atoms with Crippen LogP contribution in [0.2, 0.25) is 0 Å². The van der Waals surface area contributed by atoms with Crippen LogP contribution in [0, 0.1) is 20.8 Å². The lowest BCUT2D eigenvalue weighted by molar-refractivity contribution is -0.131. The van der Waals surface area contributed by atoms with Gasteiger partial charge < -0.3 is 9.52 Å². The molecule has 0 aliphatic rings. The van der Waals surface area contributed by atoms with Gasteiger partial charge in [0.1, 0.15) is 17.3 Å². The SMILES string of the molecule is CC(/C=C/c1c(C)oc(C)c1C)=C(F)\C=C\C(C)=C\C(=O)O. The minimum absolute atomic E-state index is 0.412. The van der Waals surface area contributed by atoms with Crippen LogP contribution in [-0.4, -0.2) is 11.1 Å².